The maximum atomic E-state index is 3.60. The van der Waals surface area contributed by atoms with Crippen molar-refractivity contribution in [1.29, 1.82) is 0 Å². The van der Waals surface area contributed by atoms with Gasteiger partial charge in [-0.15, -0.1) is 0 Å². The summed E-state index contributed by atoms with van der Waals surface area (Å²) in [5, 5.41) is 3.60. The minimum atomic E-state index is 0.595. The zero-order valence-corrected chi connectivity index (χ0v) is 13.0. The fourth-order valence-corrected chi connectivity index (χ4v) is 3.66. The molecule has 0 spiro atoms. The molecule has 0 amide bonds. The number of rotatable bonds is 5. The average molecular weight is 272 g/mol. The summed E-state index contributed by atoms with van der Waals surface area (Å²) in [6.07, 6.45) is 6.64. The minimum Gasteiger partial charge on any atom is -0.313 e. The zero-order valence-electron chi connectivity index (χ0n) is 13.0. The van der Waals surface area contributed by atoms with Gasteiger partial charge in [0.15, 0.2) is 0 Å². The number of fused-ring (bicyclic) bond motifs is 1. The summed E-state index contributed by atoms with van der Waals surface area (Å²) in [5.74, 6) is 0. The van der Waals surface area contributed by atoms with Crippen molar-refractivity contribution in [3.05, 3.63) is 34.9 Å². The molecule has 0 aromatic heterocycles. The number of hydrogen-bond donors (Lipinski definition) is 1. The van der Waals surface area contributed by atoms with Crippen molar-refractivity contribution in [2.75, 3.05) is 13.1 Å². The lowest BCUT2D eigenvalue weighted by molar-refractivity contribution is 0.236. The molecule has 1 aromatic carbocycles. The van der Waals surface area contributed by atoms with Gasteiger partial charge in [-0.05, 0) is 55.3 Å². The monoisotopic (exact) mass is 272 g/mol. The Balaban J connectivity index is 1.61. The van der Waals surface area contributed by atoms with Gasteiger partial charge in [-0.25, -0.2) is 0 Å². The number of aryl methyl sites for hydroxylation is 2. The molecule has 2 nitrogen and oxygen atoms in total. The number of benzene rings is 1. The molecule has 1 aliphatic carbocycles. The molecule has 1 aliphatic heterocycles. The first-order chi connectivity index (χ1) is 9.72. The third-order valence-corrected chi connectivity index (χ3v) is 4.81. The summed E-state index contributed by atoms with van der Waals surface area (Å²) in [6.45, 7) is 8.02. The standard InChI is InChI=1S/C18H28N2/c1-14(2)19-12-18-7-4-10-20(18)13-15-8-9-16-5-3-6-17(16)11-15/h8-9,11,14,18-19H,3-7,10,12-13H2,1-2H3. The molecular weight excluding hydrogens is 244 g/mol. The van der Waals surface area contributed by atoms with E-state index in [1.807, 2.05) is 0 Å². The summed E-state index contributed by atoms with van der Waals surface area (Å²) >= 11 is 0. The smallest absolute Gasteiger partial charge is 0.0237 e. The second-order valence-corrected chi connectivity index (χ2v) is 6.79. The van der Waals surface area contributed by atoms with Crippen LogP contribution in [0.15, 0.2) is 18.2 Å². The van der Waals surface area contributed by atoms with Gasteiger partial charge in [-0.2, -0.15) is 0 Å². The van der Waals surface area contributed by atoms with E-state index < -0.39 is 0 Å². The highest BCUT2D eigenvalue weighted by atomic mass is 15.2. The fraction of sp³-hybridized carbons (Fsp3) is 0.667. The lowest BCUT2D eigenvalue weighted by atomic mass is 10.1. The van der Waals surface area contributed by atoms with Crippen LogP contribution in [0.2, 0.25) is 0 Å². The van der Waals surface area contributed by atoms with Crippen molar-refractivity contribution in [2.45, 2.75) is 64.6 Å². The molecule has 1 fully saturated rings. The Labute approximate surface area is 123 Å². The van der Waals surface area contributed by atoms with Gasteiger partial charge >= 0.3 is 0 Å². The number of likely N-dealkylation sites (tertiary alicyclic amines) is 1. The maximum absolute atomic E-state index is 3.60. The molecule has 1 aromatic rings. The van der Waals surface area contributed by atoms with E-state index >= 15 is 0 Å². The van der Waals surface area contributed by atoms with Crippen LogP contribution in [0.4, 0.5) is 0 Å². The predicted octanol–water partition coefficient (Wildman–Crippen LogP) is 3.14. The van der Waals surface area contributed by atoms with Crippen LogP contribution in [0.3, 0.4) is 0 Å². The molecule has 3 rings (SSSR count). The first kappa shape index (κ1) is 14.1. The fourth-order valence-electron chi connectivity index (χ4n) is 3.66. The van der Waals surface area contributed by atoms with Gasteiger partial charge in [0, 0.05) is 25.2 Å². The third kappa shape index (κ3) is 3.24. The highest BCUT2D eigenvalue weighted by Gasteiger charge is 2.24. The number of hydrogen-bond acceptors (Lipinski definition) is 2. The normalized spacial score (nSPS) is 22.6. The second kappa shape index (κ2) is 6.28. The van der Waals surface area contributed by atoms with E-state index in [0.29, 0.717) is 6.04 Å². The van der Waals surface area contributed by atoms with Crippen molar-refractivity contribution in [3.63, 3.8) is 0 Å². The molecule has 20 heavy (non-hydrogen) atoms. The van der Waals surface area contributed by atoms with E-state index in [4.69, 9.17) is 0 Å². The van der Waals surface area contributed by atoms with Gasteiger partial charge in [0.25, 0.3) is 0 Å². The van der Waals surface area contributed by atoms with E-state index in [9.17, 15) is 0 Å². The van der Waals surface area contributed by atoms with E-state index in [1.165, 1.54) is 44.2 Å². The quantitative estimate of drug-likeness (QED) is 0.886. The summed E-state index contributed by atoms with van der Waals surface area (Å²) in [4.78, 5) is 2.67. The number of nitrogens with zero attached hydrogens (tertiary/aromatic N) is 1. The molecule has 2 aliphatic rings. The van der Waals surface area contributed by atoms with Gasteiger partial charge in [0.05, 0.1) is 0 Å². The molecule has 2 heteroatoms. The Bertz CT molecular complexity index is 453. The minimum absolute atomic E-state index is 0.595. The zero-order chi connectivity index (χ0) is 13.9. The van der Waals surface area contributed by atoms with Gasteiger partial charge in [0.2, 0.25) is 0 Å². The van der Waals surface area contributed by atoms with Crippen LogP contribution in [0.25, 0.3) is 0 Å². The third-order valence-electron chi connectivity index (χ3n) is 4.81. The van der Waals surface area contributed by atoms with Gasteiger partial charge in [-0.1, -0.05) is 32.0 Å². The van der Waals surface area contributed by atoms with E-state index in [0.717, 1.165) is 19.1 Å². The molecule has 1 heterocycles. The van der Waals surface area contributed by atoms with Crippen LogP contribution in [-0.4, -0.2) is 30.1 Å². The number of nitrogens with one attached hydrogen (secondary N) is 1. The van der Waals surface area contributed by atoms with Crippen LogP contribution in [-0.2, 0) is 19.4 Å². The molecule has 0 radical (unpaired) electrons. The van der Waals surface area contributed by atoms with Crippen LogP contribution in [0.1, 0.15) is 49.8 Å². The Morgan fingerprint density at radius 1 is 1.20 bits per heavy atom. The summed E-state index contributed by atoms with van der Waals surface area (Å²) < 4.78 is 0. The van der Waals surface area contributed by atoms with Crippen LogP contribution >= 0.6 is 0 Å². The average Bonchev–Trinajstić information content (AvgIpc) is 3.04. The SMILES string of the molecule is CC(C)NCC1CCCN1Cc1ccc2c(c1)CCC2. The van der Waals surface area contributed by atoms with Crippen molar-refractivity contribution in [1.82, 2.24) is 10.2 Å². The summed E-state index contributed by atoms with van der Waals surface area (Å²) in [7, 11) is 0. The van der Waals surface area contributed by atoms with Gasteiger partial charge in [-0.3, -0.25) is 4.90 Å². The van der Waals surface area contributed by atoms with Crippen molar-refractivity contribution >= 4 is 0 Å². The maximum Gasteiger partial charge on any atom is 0.0237 e. The van der Waals surface area contributed by atoms with E-state index in [-0.39, 0.29) is 0 Å². The van der Waals surface area contributed by atoms with Gasteiger partial charge < -0.3 is 5.32 Å². The Hall–Kier alpha value is -0.860. The summed E-state index contributed by atoms with van der Waals surface area (Å²) in [5.41, 5.74) is 4.72. The lowest BCUT2D eigenvalue weighted by Gasteiger charge is -2.26. The van der Waals surface area contributed by atoms with Crippen molar-refractivity contribution < 1.29 is 0 Å². The molecule has 0 bridgehead atoms. The van der Waals surface area contributed by atoms with Crippen LogP contribution in [0.5, 0.6) is 0 Å². The molecule has 1 N–H and O–H groups in total. The Morgan fingerprint density at radius 2 is 2.05 bits per heavy atom. The van der Waals surface area contributed by atoms with Gasteiger partial charge in [0.1, 0.15) is 0 Å². The predicted molar refractivity (Wildman–Crippen MR) is 85.0 cm³/mol. The largest absolute Gasteiger partial charge is 0.313 e. The van der Waals surface area contributed by atoms with E-state index in [1.54, 1.807) is 11.1 Å². The molecular formula is C18H28N2. The van der Waals surface area contributed by atoms with Crippen LogP contribution in [0, 0.1) is 0 Å². The highest BCUT2D eigenvalue weighted by molar-refractivity contribution is 5.35. The first-order valence-corrected chi connectivity index (χ1v) is 8.30. The summed E-state index contributed by atoms with van der Waals surface area (Å²) in [6, 6.07) is 8.51. The molecule has 1 atom stereocenters. The molecule has 1 unspecified atom stereocenters. The first-order valence-electron chi connectivity index (χ1n) is 8.30. The highest BCUT2D eigenvalue weighted by Crippen LogP contribution is 2.25. The van der Waals surface area contributed by atoms with E-state index in [2.05, 4.69) is 42.3 Å². The van der Waals surface area contributed by atoms with Crippen molar-refractivity contribution in [2.24, 2.45) is 0 Å². The Kier molecular flexibility index (Phi) is 4.42. The molecule has 110 valence electrons. The van der Waals surface area contributed by atoms with Crippen molar-refractivity contribution in [3.8, 4) is 0 Å². The second-order valence-electron chi connectivity index (χ2n) is 6.79. The topological polar surface area (TPSA) is 15.3 Å². The Morgan fingerprint density at radius 3 is 2.90 bits per heavy atom. The van der Waals surface area contributed by atoms with Crippen LogP contribution < -0.4 is 5.32 Å². The molecule has 1 saturated heterocycles. The lowest BCUT2D eigenvalue weighted by Crippen LogP contribution is -2.39. The molecule has 0 saturated carbocycles.